The molecule has 1 saturated heterocycles. The number of carbonyl (C=O) groups is 4. The van der Waals surface area contributed by atoms with Gasteiger partial charge in [-0.1, -0.05) is 35.3 Å². The summed E-state index contributed by atoms with van der Waals surface area (Å²) in [7, 11) is 0. The molecule has 0 saturated carbocycles. The van der Waals surface area contributed by atoms with Gasteiger partial charge in [0, 0.05) is 12.0 Å². The Balaban J connectivity index is 1.65. The van der Waals surface area contributed by atoms with E-state index in [0.717, 1.165) is 21.9 Å². The molecule has 0 aliphatic carbocycles. The van der Waals surface area contributed by atoms with E-state index in [9.17, 15) is 34.5 Å². The molecule has 0 aromatic heterocycles. The van der Waals surface area contributed by atoms with E-state index in [1.807, 2.05) is 0 Å². The fourth-order valence-corrected chi connectivity index (χ4v) is 4.73. The molecule has 14 heteroatoms. The molecule has 12 nitrogen and oxygen atoms in total. The number of ether oxygens (including phenoxy) is 1. The van der Waals surface area contributed by atoms with Gasteiger partial charge in [0.05, 0.1) is 40.6 Å². The molecular formula is C24H24Cl2N4O8. The smallest absolute Gasteiger partial charge is 0.252 e. The molecule has 1 fully saturated rings. The number of halogens is 2. The van der Waals surface area contributed by atoms with E-state index in [4.69, 9.17) is 27.9 Å². The van der Waals surface area contributed by atoms with Gasteiger partial charge in [-0.15, -0.1) is 0 Å². The zero-order chi connectivity index (χ0) is 27.6. The fourth-order valence-electron chi connectivity index (χ4n) is 4.24. The Kier molecular flexibility index (Phi) is 8.38. The van der Waals surface area contributed by atoms with Crippen molar-refractivity contribution < 1.29 is 39.2 Å². The average molecular weight is 567 g/mol. The molecule has 0 spiro atoms. The molecule has 2 heterocycles. The second-order valence-corrected chi connectivity index (χ2v) is 9.49. The van der Waals surface area contributed by atoms with Crippen LogP contribution in [0.15, 0.2) is 36.4 Å². The van der Waals surface area contributed by atoms with Crippen LogP contribution >= 0.6 is 23.2 Å². The van der Waals surface area contributed by atoms with E-state index in [2.05, 4.69) is 10.6 Å². The summed E-state index contributed by atoms with van der Waals surface area (Å²) in [6.07, 6.45) is -0.814. The van der Waals surface area contributed by atoms with Crippen LogP contribution in [0, 0.1) is 0 Å². The second-order valence-electron chi connectivity index (χ2n) is 8.68. The minimum Gasteiger partial charge on any atom is -0.505 e. The molecular weight excluding hydrogens is 543 g/mol. The quantitative estimate of drug-likeness (QED) is 0.334. The lowest BCUT2D eigenvalue weighted by Gasteiger charge is -2.25. The van der Waals surface area contributed by atoms with Crippen molar-refractivity contribution in [2.24, 2.45) is 0 Å². The first-order valence-corrected chi connectivity index (χ1v) is 12.2. The maximum absolute atomic E-state index is 13.7. The van der Waals surface area contributed by atoms with E-state index in [1.165, 1.54) is 6.07 Å². The summed E-state index contributed by atoms with van der Waals surface area (Å²) < 4.78 is 5.04. The van der Waals surface area contributed by atoms with Crippen molar-refractivity contribution in [3.8, 4) is 5.75 Å². The maximum Gasteiger partial charge on any atom is 0.252 e. The number of phenolic OH excluding ortho intramolecular Hbond substituents is 1. The molecule has 1 unspecified atom stereocenters. The largest absolute Gasteiger partial charge is 0.505 e. The molecule has 2 aliphatic heterocycles. The number of fused-ring (bicyclic) bond motifs is 1. The molecule has 2 aromatic rings. The van der Waals surface area contributed by atoms with Gasteiger partial charge in [-0.05, 0) is 24.3 Å². The Morgan fingerprint density at radius 1 is 1.08 bits per heavy atom. The predicted octanol–water partition coefficient (Wildman–Crippen LogP) is 0.393. The number of anilines is 2. The molecule has 5 N–H and O–H groups in total. The SMILES string of the molecule is O=C(CN1C(=O)[C@@H](NC(=O)c2cc(Cl)c(O)c(Cl)c2)CN(C(=O)CO)c2ccccc21)N[C@@H]1COC(O)C1. The lowest BCUT2D eigenvalue weighted by atomic mass is 10.1. The first-order valence-electron chi connectivity index (χ1n) is 11.5. The lowest BCUT2D eigenvalue weighted by Crippen LogP contribution is -2.54. The standard InChI is InChI=1S/C24H24Cl2N4O8/c25-14-5-12(6-15(26)22(14)35)23(36)28-16-8-29(20(33)10-31)17-3-1-2-4-18(17)30(24(16)37)9-19(32)27-13-7-21(34)38-11-13/h1-6,13,16,21,31,34-35H,7-11H2,(H,27,32)(H,28,36)/t13-,16-,21?/m0/s1. The first kappa shape index (κ1) is 27.6. The Labute approximate surface area is 226 Å². The highest BCUT2D eigenvalue weighted by atomic mass is 35.5. The van der Waals surface area contributed by atoms with E-state index in [-0.39, 0.29) is 46.6 Å². The van der Waals surface area contributed by atoms with Crippen molar-refractivity contribution in [3.63, 3.8) is 0 Å². The highest BCUT2D eigenvalue weighted by Crippen LogP contribution is 2.34. The highest BCUT2D eigenvalue weighted by Gasteiger charge is 2.38. The Morgan fingerprint density at radius 2 is 1.74 bits per heavy atom. The van der Waals surface area contributed by atoms with Gasteiger partial charge in [-0.25, -0.2) is 0 Å². The molecule has 38 heavy (non-hydrogen) atoms. The van der Waals surface area contributed by atoms with Crippen molar-refractivity contribution in [1.82, 2.24) is 10.6 Å². The summed E-state index contributed by atoms with van der Waals surface area (Å²) in [4.78, 5) is 54.6. The number of nitrogens with zero attached hydrogens (tertiary/aromatic N) is 2. The number of hydrogen-bond acceptors (Lipinski definition) is 8. The summed E-state index contributed by atoms with van der Waals surface area (Å²) >= 11 is 11.9. The Hall–Kier alpha value is -3.42. The van der Waals surface area contributed by atoms with Crippen LogP contribution in [0.4, 0.5) is 11.4 Å². The number of benzene rings is 2. The van der Waals surface area contributed by atoms with Gasteiger partial charge in [-0.2, -0.15) is 0 Å². The summed E-state index contributed by atoms with van der Waals surface area (Å²) in [6, 6.07) is 6.83. The highest BCUT2D eigenvalue weighted by molar-refractivity contribution is 6.37. The number of rotatable bonds is 6. The molecule has 2 aliphatic rings. The third kappa shape index (κ3) is 5.84. The number of phenols is 1. The molecule has 4 amide bonds. The molecule has 2 aromatic carbocycles. The molecule has 0 bridgehead atoms. The minimum atomic E-state index is -1.35. The van der Waals surface area contributed by atoms with Gasteiger partial charge in [0.2, 0.25) is 5.91 Å². The van der Waals surface area contributed by atoms with Crippen LogP contribution in [0.3, 0.4) is 0 Å². The van der Waals surface area contributed by atoms with Gasteiger partial charge in [0.1, 0.15) is 19.2 Å². The maximum atomic E-state index is 13.7. The third-order valence-electron chi connectivity index (χ3n) is 6.06. The fraction of sp³-hybridized carbons (Fsp3) is 0.333. The normalized spacial score (nSPS) is 21.1. The van der Waals surface area contributed by atoms with Crippen LogP contribution in [0.25, 0.3) is 0 Å². The second kappa shape index (κ2) is 11.5. The van der Waals surface area contributed by atoms with Crippen molar-refractivity contribution in [2.75, 3.05) is 36.1 Å². The van der Waals surface area contributed by atoms with E-state index in [1.54, 1.807) is 18.2 Å². The molecule has 0 radical (unpaired) electrons. The molecule has 4 rings (SSSR count). The third-order valence-corrected chi connectivity index (χ3v) is 6.63. The number of aliphatic hydroxyl groups excluding tert-OH is 2. The number of para-hydroxylation sites is 2. The van der Waals surface area contributed by atoms with Crippen molar-refractivity contribution >= 4 is 58.2 Å². The summed E-state index contributed by atoms with van der Waals surface area (Å²) in [5.74, 6) is -3.18. The predicted molar refractivity (Wildman–Crippen MR) is 136 cm³/mol. The number of aliphatic hydroxyl groups is 2. The zero-order valence-corrected chi connectivity index (χ0v) is 21.3. The van der Waals surface area contributed by atoms with Gasteiger partial charge in [0.25, 0.3) is 17.7 Å². The monoisotopic (exact) mass is 566 g/mol. The summed E-state index contributed by atoms with van der Waals surface area (Å²) in [5, 5.41) is 33.8. The van der Waals surface area contributed by atoms with Crippen LogP contribution in [-0.4, -0.2) is 83.6 Å². The number of hydrogen-bond donors (Lipinski definition) is 5. The van der Waals surface area contributed by atoms with Crippen LogP contribution < -0.4 is 20.4 Å². The van der Waals surface area contributed by atoms with Gasteiger partial charge in [-0.3, -0.25) is 24.1 Å². The topological polar surface area (TPSA) is 169 Å². The Bertz CT molecular complexity index is 1250. The van der Waals surface area contributed by atoms with E-state index >= 15 is 0 Å². The number of aromatic hydroxyl groups is 1. The first-order chi connectivity index (χ1) is 18.1. The summed E-state index contributed by atoms with van der Waals surface area (Å²) in [6.45, 7) is -1.57. The minimum absolute atomic E-state index is 0.0588. The van der Waals surface area contributed by atoms with Crippen LogP contribution in [0.2, 0.25) is 10.0 Å². The molecule has 202 valence electrons. The van der Waals surface area contributed by atoms with Crippen molar-refractivity contribution in [1.29, 1.82) is 0 Å². The van der Waals surface area contributed by atoms with Gasteiger partial charge in [0.15, 0.2) is 12.0 Å². The van der Waals surface area contributed by atoms with Crippen LogP contribution in [-0.2, 0) is 19.1 Å². The van der Waals surface area contributed by atoms with Crippen LogP contribution in [0.1, 0.15) is 16.8 Å². The summed E-state index contributed by atoms with van der Waals surface area (Å²) in [5.41, 5.74) is 0.404. The van der Waals surface area contributed by atoms with Crippen molar-refractivity contribution in [3.05, 3.63) is 52.0 Å². The number of amides is 4. The average Bonchev–Trinajstić information content (AvgIpc) is 3.26. The van der Waals surface area contributed by atoms with E-state index in [0.29, 0.717) is 0 Å². The Morgan fingerprint density at radius 3 is 2.34 bits per heavy atom. The van der Waals surface area contributed by atoms with Gasteiger partial charge >= 0.3 is 0 Å². The number of carbonyl (C=O) groups excluding carboxylic acids is 4. The zero-order valence-electron chi connectivity index (χ0n) is 19.8. The van der Waals surface area contributed by atoms with E-state index < -0.39 is 60.9 Å². The van der Waals surface area contributed by atoms with Gasteiger partial charge < -0.3 is 35.6 Å². The molecule has 3 atom stereocenters. The van der Waals surface area contributed by atoms with Crippen LogP contribution in [0.5, 0.6) is 5.75 Å². The lowest BCUT2D eigenvalue weighted by molar-refractivity contribution is -0.125. The van der Waals surface area contributed by atoms with Crippen molar-refractivity contribution in [2.45, 2.75) is 24.8 Å². The number of nitrogens with one attached hydrogen (secondary N) is 2.